The molecule has 6 nitrogen and oxygen atoms in total. The third-order valence-corrected chi connectivity index (χ3v) is 2.67. The van der Waals surface area contributed by atoms with Gasteiger partial charge in [0.25, 0.3) is 0 Å². The molecule has 3 rings (SSSR count). The molecule has 0 aliphatic carbocycles. The standard InChI is InChI=1S/C13H11N5O/c19-13(10-6-14-9-15-7-10)12-8-16-18(17-12)11-4-2-1-3-5-11/h1-9,13,19H. The lowest BCUT2D eigenvalue weighted by Crippen LogP contribution is -2.04. The predicted molar refractivity (Wildman–Crippen MR) is 67.5 cm³/mol. The van der Waals surface area contributed by atoms with Gasteiger partial charge in [0.05, 0.1) is 11.9 Å². The van der Waals surface area contributed by atoms with Crippen molar-refractivity contribution < 1.29 is 5.11 Å². The van der Waals surface area contributed by atoms with Crippen molar-refractivity contribution >= 4 is 0 Å². The summed E-state index contributed by atoms with van der Waals surface area (Å²) in [6.07, 6.45) is 5.18. The highest BCUT2D eigenvalue weighted by Gasteiger charge is 2.15. The minimum atomic E-state index is -0.876. The molecule has 2 aromatic heterocycles. The molecule has 0 spiro atoms. The van der Waals surface area contributed by atoms with Gasteiger partial charge >= 0.3 is 0 Å². The molecule has 6 heteroatoms. The summed E-state index contributed by atoms with van der Waals surface area (Å²) < 4.78 is 0. The summed E-state index contributed by atoms with van der Waals surface area (Å²) in [5.74, 6) is 0. The first-order valence-electron chi connectivity index (χ1n) is 5.75. The number of rotatable bonds is 3. The summed E-state index contributed by atoms with van der Waals surface area (Å²) in [5.41, 5.74) is 1.88. The Morgan fingerprint density at radius 3 is 2.47 bits per heavy atom. The second kappa shape index (κ2) is 4.95. The number of aromatic nitrogens is 5. The zero-order valence-corrected chi connectivity index (χ0v) is 9.96. The highest BCUT2D eigenvalue weighted by Crippen LogP contribution is 2.18. The molecule has 3 aromatic rings. The highest BCUT2D eigenvalue weighted by atomic mass is 16.3. The number of hydrogen-bond acceptors (Lipinski definition) is 5. The van der Waals surface area contributed by atoms with E-state index in [0.29, 0.717) is 11.3 Å². The van der Waals surface area contributed by atoms with Crippen LogP contribution < -0.4 is 0 Å². The van der Waals surface area contributed by atoms with Crippen LogP contribution in [0.1, 0.15) is 17.4 Å². The fourth-order valence-corrected chi connectivity index (χ4v) is 1.71. The summed E-state index contributed by atoms with van der Waals surface area (Å²) in [6, 6.07) is 9.51. The van der Waals surface area contributed by atoms with E-state index in [9.17, 15) is 5.11 Å². The smallest absolute Gasteiger partial charge is 0.127 e. The average molecular weight is 253 g/mol. The highest BCUT2D eigenvalue weighted by molar-refractivity contribution is 5.29. The molecule has 19 heavy (non-hydrogen) atoms. The summed E-state index contributed by atoms with van der Waals surface area (Å²) in [7, 11) is 0. The van der Waals surface area contributed by atoms with E-state index < -0.39 is 6.10 Å². The number of para-hydroxylation sites is 1. The van der Waals surface area contributed by atoms with Crippen molar-refractivity contribution in [1.82, 2.24) is 25.0 Å². The van der Waals surface area contributed by atoms with E-state index >= 15 is 0 Å². The van der Waals surface area contributed by atoms with E-state index in [2.05, 4.69) is 20.2 Å². The van der Waals surface area contributed by atoms with Crippen LogP contribution >= 0.6 is 0 Å². The van der Waals surface area contributed by atoms with Crippen molar-refractivity contribution in [2.24, 2.45) is 0 Å². The van der Waals surface area contributed by atoms with Crippen LogP contribution in [0.15, 0.2) is 55.2 Å². The Bertz CT molecular complexity index is 653. The number of aliphatic hydroxyl groups is 1. The zero-order chi connectivity index (χ0) is 13.1. The third kappa shape index (κ3) is 2.34. The minimum absolute atomic E-state index is 0.457. The molecule has 94 valence electrons. The van der Waals surface area contributed by atoms with Crippen molar-refractivity contribution in [3.8, 4) is 5.69 Å². The van der Waals surface area contributed by atoms with Gasteiger partial charge < -0.3 is 5.11 Å². The molecule has 0 fully saturated rings. The normalized spacial score (nSPS) is 12.3. The van der Waals surface area contributed by atoms with E-state index in [1.807, 2.05) is 30.3 Å². The molecule has 0 saturated carbocycles. The Morgan fingerprint density at radius 2 is 1.74 bits per heavy atom. The molecular weight excluding hydrogens is 242 g/mol. The SMILES string of the molecule is OC(c1cncnc1)c1cnn(-c2ccccc2)n1. The van der Waals surface area contributed by atoms with Crippen LogP contribution in [0, 0.1) is 0 Å². The number of benzene rings is 1. The van der Waals surface area contributed by atoms with Crippen molar-refractivity contribution in [2.75, 3.05) is 0 Å². The third-order valence-electron chi connectivity index (χ3n) is 2.67. The van der Waals surface area contributed by atoms with Gasteiger partial charge in [-0.3, -0.25) is 0 Å². The van der Waals surface area contributed by atoms with Crippen LogP contribution in [0.25, 0.3) is 5.69 Å². The summed E-state index contributed by atoms with van der Waals surface area (Å²) in [4.78, 5) is 9.21. The molecule has 1 unspecified atom stereocenters. The molecule has 1 aromatic carbocycles. The second-order valence-electron chi connectivity index (χ2n) is 3.97. The van der Waals surface area contributed by atoms with Crippen LogP contribution in [0.5, 0.6) is 0 Å². The van der Waals surface area contributed by atoms with Crippen LogP contribution in [0.4, 0.5) is 0 Å². The van der Waals surface area contributed by atoms with Crippen molar-refractivity contribution in [3.05, 3.63) is 66.5 Å². The van der Waals surface area contributed by atoms with E-state index in [-0.39, 0.29) is 0 Å². The lowest BCUT2D eigenvalue weighted by molar-refractivity contribution is 0.214. The molecular formula is C13H11N5O. The maximum atomic E-state index is 10.2. The molecule has 0 amide bonds. The summed E-state index contributed by atoms with van der Waals surface area (Å²) in [5, 5.41) is 18.6. The molecule has 0 radical (unpaired) electrons. The van der Waals surface area contributed by atoms with Gasteiger partial charge in [-0.15, -0.1) is 0 Å². The van der Waals surface area contributed by atoms with Crippen LogP contribution in [0.2, 0.25) is 0 Å². The number of aliphatic hydroxyl groups excluding tert-OH is 1. The van der Waals surface area contributed by atoms with E-state index in [1.165, 1.54) is 17.3 Å². The minimum Gasteiger partial charge on any atom is -0.382 e. The van der Waals surface area contributed by atoms with Gasteiger partial charge in [0.2, 0.25) is 0 Å². The largest absolute Gasteiger partial charge is 0.382 e. The molecule has 0 bridgehead atoms. The predicted octanol–water partition coefficient (Wildman–Crippen LogP) is 1.14. The van der Waals surface area contributed by atoms with Crippen LogP contribution in [-0.2, 0) is 0 Å². The molecule has 2 heterocycles. The summed E-state index contributed by atoms with van der Waals surface area (Å²) >= 11 is 0. The molecule has 1 atom stereocenters. The maximum absolute atomic E-state index is 10.2. The first-order valence-corrected chi connectivity index (χ1v) is 5.75. The Kier molecular flexibility index (Phi) is 2.99. The Morgan fingerprint density at radius 1 is 1.00 bits per heavy atom. The van der Waals surface area contributed by atoms with Gasteiger partial charge in [-0.2, -0.15) is 15.0 Å². The summed E-state index contributed by atoms with van der Waals surface area (Å²) in [6.45, 7) is 0. The molecule has 0 aliphatic heterocycles. The first kappa shape index (κ1) is 11.5. The number of hydrogen-bond donors (Lipinski definition) is 1. The molecule has 0 saturated heterocycles. The van der Waals surface area contributed by atoms with E-state index in [0.717, 1.165) is 5.69 Å². The lowest BCUT2D eigenvalue weighted by Gasteiger charge is -2.05. The monoisotopic (exact) mass is 253 g/mol. The maximum Gasteiger partial charge on any atom is 0.127 e. The van der Waals surface area contributed by atoms with E-state index in [4.69, 9.17) is 0 Å². The van der Waals surface area contributed by atoms with Gasteiger partial charge in [-0.05, 0) is 12.1 Å². The molecule has 0 aliphatic rings. The van der Waals surface area contributed by atoms with Gasteiger partial charge in [0, 0.05) is 18.0 Å². The fourth-order valence-electron chi connectivity index (χ4n) is 1.71. The second-order valence-corrected chi connectivity index (χ2v) is 3.97. The van der Waals surface area contributed by atoms with Gasteiger partial charge in [0.1, 0.15) is 18.1 Å². The van der Waals surface area contributed by atoms with Gasteiger partial charge in [0.15, 0.2) is 0 Å². The molecule has 1 N–H and O–H groups in total. The first-order chi connectivity index (χ1) is 9.34. The fraction of sp³-hybridized carbons (Fsp3) is 0.0769. The Labute approximate surface area is 109 Å². The quantitative estimate of drug-likeness (QED) is 0.757. The van der Waals surface area contributed by atoms with Crippen LogP contribution in [0.3, 0.4) is 0 Å². The van der Waals surface area contributed by atoms with Gasteiger partial charge in [-0.25, -0.2) is 9.97 Å². The zero-order valence-electron chi connectivity index (χ0n) is 9.96. The average Bonchev–Trinajstić information content (AvgIpc) is 2.98. The van der Waals surface area contributed by atoms with Crippen molar-refractivity contribution in [2.45, 2.75) is 6.10 Å². The van der Waals surface area contributed by atoms with Crippen molar-refractivity contribution in [1.29, 1.82) is 0 Å². The van der Waals surface area contributed by atoms with E-state index in [1.54, 1.807) is 12.4 Å². The Hall–Kier alpha value is -2.60. The van der Waals surface area contributed by atoms with Crippen LogP contribution in [-0.4, -0.2) is 30.1 Å². The topological polar surface area (TPSA) is 76.7 Å². The Balaban J connectivity index is 1.90. The van der Waals surface area contributed by atoms with Gasteiger partial charge in [-0.1, -0.05) is 18.2 Å². The number of nitrogens with zero attached hydrogens (tertiary/aromatic N) is 5. The lowest BCUT2D eigenvalue weighted by atomic mass is 10.1. The van der Waals surface area contributed by atoms with Crippen molar-refractivity contribution in [3.63, 3.8) is 0 Å².